The zero-order chi connectivity index (χ0) is 14.5. The molecule has 0 saturated heterocycles. The molecular weight excluding hydrogens is 269 g/mol. The highest BCUT2D eigenvalue weighted by Crippen LogP contribution is 2.58. The van der Waals surface area contributed by atoms with Crippen LogP contribution in [0.25, 0.3) is 0 Å². The maximum atomic E-state index is 12.5. The Bertz CT molecular complexity index is 455. The largest absolute Gasteiger partial charge is 0.504 e. The Morgan fingerprint density at radius 1 is 1.32 bits per heavy atom. The van der Waals surface area contributed by atoms with Gasteiger partial charge in [-0.2, -0.15) is 0 Å². The molecule has 0 saturated carbocycles. The van der Waals surface area contributed by atoms with Gasteiger partial charge < -0.3 is 24.6 Å². The van der Waals surface area contributed by atoms with Gasteiger partial charge in [-0.1, -0.05) is 6.07 Å². The smallest absolute Gasteiger partial charge is 0.351 e. The lowest BCUT2D eigenvalue weighted by Gasteiger charge is -2.23. The number of rotatable bonds is 7. The standard InChI is InChI=1S/C12H20NO5P/c1-4-17-19(15,18-5-2)12(13)9-6-7-10(14)11(8-9)16-3/h6-8,12,14H,4-5,13H2,1-3H3. The minimum absolute atomic E-state index is 0.0129. The van der Waals surface area contributed by atoms with E-state index in [1.54, 1.807) is 19.9 Å². The van der Waals surface area contributed by atoms with Crippen molar-refractivity contribution >= 4 is 7.60 Å². The predicted octanol–water partition coefficient (Wildman–Crippen LogP) is 2.62. The first-order chi connectivity index (χ1) is 8.98. The SMILES string of the molecule is CCOP(=O)(OCC)C(N)c1ccc(O)c(OC)c1. The molecule has 1 aromatic rings. The van der Waals surface area contributed by atoms with Crippen molar-refractivity contribution in [1.29, 1.82) is 0 Å². The van der Waals surface area contributed by atoms with Gasteiger partial charge in [0.25, 0.3) is 0 Å². The van der Waals surface area contributed by atoms with Crippen LogP contribution in [0.3, 0.4) is 0 Å². The Hall–Kier alpha value is -1.07. The molecule has 0 bridgehead atoms. The summed E-state index contributed by atoms with van der Waals surface area (Å²) in [6.07, 6.45) is 0. The van der Waals surface area contributed by atoms with Crippen molar-refractivity contribution in [2.45, 2.75) is 19.6 Å². The average Bonchev–Trinajstić information content (AvgIpc) is 2.39. The molecule has 1 rings (SSSR count). The van der Waals surface area contributed by atoms with Crippen LogP contribution in [0.1, 0.15) is 25.2 Å². The Balaban J connectivity index is 3.09. The van der Waals surface area contributed by atoms with Crippen LogP contribution in [-0.4, -0.2) is 25.4 Å². The number of phenolic OH excluding ortho intramolecular Hbond substituents is 1. The first kappa shape index (κ1) is 16.0. The summed E-state index contributed by atoms with van der Waals surface area (Å²) in [7, 11) is -2.01. The first-order valence-corrected chi connectivity index (χ1v) is 7.61. The molecule has 1 unspecified atom stereocenters. The third-order valence-corrected chi connectivity index (χ3v) is 4.72. The fourth-order valence-electron chi connectivity index (χ4n) is 1.62. The van der Waals surface area contributed by atoms with E-state index in [0.29, 0.717) is 5.56 Å². The highest BCUT2D eigenvalue weighted by Gasteiger charge is 2.34. The molecule has 3 N–H and O–H groups in total. The number of benzene rings is 1. The second kappa shape index (κ2) is 6.91. The van der Waals surface area contributed by atoms with Crippen LogP contribution in [0.4, 0.5) is 0 Å². The van der Waals surface area contributed by atoms with E-state index < -0.39 is 13.4 Å². The van der Waals surface area contributed by atoms with Gasteiger partial charge in [0.2, 0.25) is 0 Å². The van der Waals surface area contributed by atoms with Crippen molar-refractivity contribution in [2.75, 3.05) is 20.3 Å². The van der Waals surface area contributed by atoms with Crippen LogP contribution in [0.5, 0.6) is 11.5 Å². The van der Waals surface area contributed by atoms with E-state index in [1.807, 2.05) is 0 Å². The molecular formula is C12H20NO5P. The summed E-state index contributed by atoms with van der Waals surface area (Å²) in [5, 5.41) is 9.53. The van der Waals surface area contributed by atoms with Crippen molar-refractivity contribution in [1.82, 2.24) is 0 Å². The first-order valence-electron chi connectivity index (χ1n) is 5.99. The van der Waals surface area contributed by atoms with Crippen LogP contribution >= 0.6 is 7.60 Å². The Kier molecular flexibility index (Phi) is 5.82. The molecule has 0 fully saturated rings. The van der Waals surface area contributed by atoms with Gasteiger partial charge in [-0.05, 0) is 31.5 Å². The summed E-state index contributed by atoms with van der Waals surface area (Å²) in [6, 6.07) is 4.51. The number of nitrogens with two attached hydrogens (primary N) is 1. The number of hydrogen-bond donors (Lipinski definition) is 2. The number of methoxy groups -OCH3 is 1. The Morgan fingerprint density at radius 3 is 2.37 bits per heavy atom. The van der Waals surface area contributed by atoms with Crippen molar-refractivity contribution in [3.8, 4) is 11.5 Å². The number of hydrogen-bond acceptors (Lipinski definition) is 6. The van der Waals surface area contributed by atoms with Gasteiger partial charge in [-0.25, -0.2) is 0 Å². The van der Waals surface area contributed by atoms with E-state index in [-0.39, 0.29) is 24.7 Å². The number of aromatic hydroxyl groups is 1. The van der Waals surface area contributed by atoms with Crippen LogP contribution < -0.4 is 10.5 Å². The van der Waals surface area contributed by atoms with Crippen LogP contribution in [0, 0.1) is 0 Å². The van der Waals surface area contributed by atoms with Gasteiger partial charge in [-0.3, -0.25) is 4.57 Å². The third-order valence-electron chi connectivity index (χ3n) is 2.50. The quantitative estimate of drug-likeness (QED) is 0.750. The minimum atomic E-state index is -3.44. The van der Waals surface area contributed by atoms with Gasteiger partial charge in [0.1, 0.15) is 5.78 Å². The van der Waals surface area contributed by atoms with Crippen LogP contribution in [-0.2, 0) is 13.6 Å². The second-order valence-corrected chi connectivity index (χ2v) is 5.90. The molecule has 0 heterocycles. The minimum Gasteiger partial charge on any atom is -0.504 e. The molecule has 0 aromatic heterocycles. The fourth-order valence-corrected chi connectivity index (χ4v) is 3.26. The number of phenols is 1. The zero-order valence-electron chi connectivity index (χ0n) is 11.3. The van der Waals surface area contributed by atoms with E-state index in [2.05, 4.69) is 0 Å². The normalized spacial score (nSPS) is 13.3. The summed E-state index contributed by atoms with van der Waals surface area (Å²) in [5.41, 5.74) is 6.48. The van der Waals surface area contributed by atoms with E-state index in [1.165, 1.54) is 19.2 Å². The lowest BCUT2D eigenvalue weighted by atomic mass is 10.2. The fraction of sp³-hybridized carbons (Fsp3) is 0.500. The summed E-state index contributed by atoms with van der Waals surface area (Å²) >= 11 is 0. The lowest BCUT2D eigenvalue weighted by molar-refractivity contribution is 0.212. The zero-order valence-corrected chi connectivity index (χ0v) is 12.2. The lowest BCUT2D eigenvalue weighted by Crippen LogP contribution is -2.15. The van der Waals surface area contributed by atoms with Gasteiger partial charge in [0.15, 0.2) is 11.5 Å². The van der Waals surface area contributed by atoms with Crippen molar-refractivity contribution < 1.29 is 23.5 Å². The molecule has 0 radical (unpaired) electrons. The average molecular weight is 289 g/mol. The molecule has 108 valence electrons. The Labute approximate surface area is 113 Å². The van der Waals surface area contributed by atoms with Crippen LogP contribution in [0.2, 0.25) is 0 Å². The topological polar surface area (TPSA) is 91.0 Å². The molecule has 1 aromatic carbocycles. The maximum Gasteiger partial charge on any atom is 0.351 e. The summed E-state index contributed by atoms with van der Waals surface area (Å²) < 4.78 is 27.9. The molecule has 0 amide bonds. The molecule has 0 spiro atoms. The van der Waals surface area contributed by atoms with Gasteiger partial charge >= 0.3 is 7.60 Å². The predicted molar refractivity (Wildman–Crippen MR) is 72.4 cm³/mol. The molecule has 6 nitrogen and oxygen atoms in total. The molecule has 1 atom stereocenters. The summed E-state index contributed by atoms with van der Waals surface area (Å²) in [5.74, 6) is -0.685. The highest BCUT2D eigenvalue weighted by molar-refractivity contribution is 7.54. The van der Waals surface area contributed by atoms with Crippen LogP contribution in [0.15, 0.2) is 18.2 Å². The van der Waals surface area contributed by atoms with Crippen molar-refractivity contribution in [3.05, 3.63) is 23.8 Å². The molecule has 7 heteroatoms. The van der Waals surface area contributed by atoms with E-state index >= 15 is 0 Å². The van der Waals surface area contributed by atoms with E-state index in [9.17, 15) is 9.67 Å². The van der Waals surface area contributed by atoms with Crippen molar-refractivity contribution in [2.24, 2.45) is 5.73 Å². The number of ether oxygens (including phenoxy) is 1. The van der Waals surface area contributed by atoms with Gasteiger partial charge in [0, 0.05) is 0 Å². The van der Waals surface area contributed by atoms with Gasteiger partial charge in [-0.15, -0.1) is 0 Å². The monoisotopic (exact) mass is 289 g/mol. The third kappa shape index (κ3) is 3.70. The maximum absolute atomic E-state index is 12.5. The molecule has 0 aliphatic heterocycles. The van der Waals surface area contributed by atoms with Crippen molar-refractivity contribution in [3.63, 3.8) is 0 Å². The summed E-state index contributed by atoms with van der Waals surface area (Å²) in [6.45, 7) is 3.91. The molecule has 0 aliphatic carbocycles. The van der Waals surface area contributed by atoms with E-state index in [4.69, 9.17) is 19.5 Å². The highest BCUT2D eigenvalue weighted by atomic mass is 31.2. The second-order valence-electron chi connectivity index (χ2n) is 3.75. The Morgan fingerprint density at radius 2 is 1.89 bits per heavy atom. The van der Waals surface area contributed by atoms with E-state index in [0.717, 1.165) is 0 Å². The van der Waals surface area contributed by atoms with Gasteiger partial charge in [0.05, 0.1) is 20.3 Å². The molecule has 0 aliphatic rings. The summed E-state index contributed by atoms with van der Waals surface area (Å²) in [4.78, 5) is 0. The molecule has 19 heavy (non-hydrogen) atoms.